The number of nitrogens with two attached hydrogens (primary N) is 1. The fourth-order valence-electron chi connectivity index (χ4n) is 2.31. The van der Waals surface area contributed by atoms with Gasteiger partial charge in [0.05, 0.1) is 19.2 Å². The van der Waals surface area contributed by atoms with Crippen LogP contribution in [0.3, 0.4) is 0 Å². The Morgan fingerprint density at radius 1 is 1.52 bits per heavy atom. The van der Waals surface area contributed by atoms with Crippen LogP contribution in [0, 0.1) is 5.41 Å². The highest BCUT2D eigenvalue weighted by molar-refractivity contribution is 6.35. The number of hydrogen-bond acceptors (Lipinski definition) is 2. The van der Waals surface area contributed by atoms with Crippen LogP contribution in [-0.2, 0) is 4.74 Å². The summed E-state index contributed by atoms with van der Waals surface area (Å²) >= 11 is 12.1. The van der Waals surface area contributed by atoms with Gasteiger partial charge in [0.2, 0.25) is 0 Å². The Morgan fingerprint density at radius 3 is 2.90 bits per heavy atom. The molecule has 0 radical (unpaired) electrons. The zero-order chi connectivity index (χ0) is 15.5. The Kier molecular flexibility index (Phi) is 5.36. The van der Waals surface area contributed by atoms with E-state index in [2.05, 4.69) is 17.2 Å². The first-order valence-electron chi connectivity index (χ1n) is 6.99. The topological polar surface area (TPSA) is 59.6 Å². The largest absolute Gasteiger partial charge is 0.381 e. The summed E-state index contributed by atoms with van der Waals surface area (Å²) in [6.07, 6.45) is 1.02. The minimum atomic E-state index is -0.0360. The molecule has 2 unspecified atom stereocenters. The molecule has 4 nitrogen and oxygen atoms in total. The van der Waals surface area contributed by atoms with Gasteiger partial charge in [-0.05, 0) is 31.0 Å². The van der Waals surface area contributed by atoms with Gasteiger partial charge in [-0.25, -0.2) is 0 Å². The van der Waals surface area contributed by atoms with E-state index in [1.54, 1.807) is 6.07 Å². The maximum Gasteiger partial charge on any atom is 0.189 e. The number of rotatable bonds is 4. The zero-order valence-electron chi connectivity index (χ0n) is 12.3. The second-order valence-corrected chi connectivity index (χ2v) is 6.69. The number of hydrogen-bond donors (Lipinski definition) is 2. The Hall–Kier alpha value is -0.970. The van der Waals surface area contributed by atoms with Crippen LogP contribution in [0.25, 0.3) is 0 Å². The van der Waals surface area contributed by atoms with Gasteiger partial charge in [0.25, 0.3) is 0 Å². The first-order valence-corrected chi connectivity index (χ1v) is 7.74. The quantitative estimate of drug-likeness (QED) is 0.657. The lowest BCUT2D eigenvalue weighted by Crippen LogP contribution is -2.35. The van der Waals surface area contributed by atoms with E-state index in [0.717, 1.165) is 25.2 Å². The van der Waals surface area contributed by atoms with Gasteiger partial charge in [-0.2, -0.15) is 0 Å². The third-order valence-corrected chi connectivity index (χ3v) is 4.29. The maximum absolute atomic E-state index is 6.19. The predicted octanol–water partition coefficient (Wildman–Crippen LogP) is 3.39. The summed E-state index contributed by atoms with van der Waals surface area (Å²) in [5.74, 6) is 0.418. The number of guanidine groups is 1. The van der Waals surface area contributed by atoms with Gasteiger partial charge in [0.1, 0.15) is 0 Å². The number of halogens is 2. The molecule has 0 aliphatic carbocycles. The molecule has 1 aliphatic heterocycles. The molecule has 1 fully saturated rings. The van der Waals surface area contributed by atoms with Crippen molar-refractivity contribution in [2.75, 3.05) is 19.8 Å². The van der Waals surface area contributed by atoms with E-state index in [1.165, 1.54) is 0 Å². The van der Waals surface area contributed by atoms with Crippen LogP contribution in [-0.4, -0.2) is 25.7 Å². The van der Waals surface area contributed by atoms with Crippen molar-refractivity contribution in [3.63, 3.8) is 0 Å². The molecule has 0 spiro atoms. The SMILES string of the molecule is CC(NC(N)=NCC1(C)CCOC1)c1ccc(Cl)cc1Cl. The van der Waals surface area contributed by atoms with Crippen molar-refractivity contribution < 1.29 is 4.74 Å². The lowest BCUT2D eigenvalue weighted by molar-refractivity contribution is 0.163. The molecule has 21 heavy (non-hydrogen) atoms. The summed E-state index contributed by atoms with van der Waals surface area (Å²) in [5, 5.41) is 4.39. The van der Waals surface area contributed by atoms with Gasteiger partial charge >= 0.3 is 0 Å². The molecule has 3 N–H and O–H groups in total. The van der Waals surface area contributed by atoms with Crippen LogP contribution < -0.4 is 11.1 Å². The molecule has 0 amide bonds. The Balaban J connectivity index is 1.96. The number of nitrogens with one attached hydrogen (secondary N) is 1. The van der Waals surface area contributed by atoms with Crippen LogP contribution in [0.15, 0.2) is 23.2 Å². The minimum Gasteiger partial charge on any atom is -0.381 e. The molecule has 1 saturated heterocycles. The number of aliphatic imine (C=N–C) groups is 1. The van der Waals surface area contributed by atoms with Crippen LogP contribution in [0.5, 0.6) is 0 Å². The first-order chi connectivity index (χ1) is 9.89. The van der Waals surface area contributed by atoms with Crippen LogP contribution in [0.1, 0.15) is 31.9 Å². The monoisotopic (exact) mass is 329 g/mol. The average Bonchev–Trinajstić information content (AvgIpc) is 2.84. The zero-order valence-corrected chi connectivity index (χ0v) is 13.8. The van der Waals surface area contributed by atoms with Gasteiger partial charge in [0, 0.05) is 22.1 Å². The van der Waals surface area contributed by atoms with Crippen LogP contribution >= 0.6 is 23.2 Å². The highest BCUT2D eigenvalue weighted by atomic mass is 35.5. The fourth-order valence-corrected chi connectivity index (χ4v) is 2.88. The van der Waals surface area contributed by atoms with Crippen molar-refractivity contribution in [1.29, 1.82) is 0 Å². The lowest BCUT2D eigenvalue weighted by Gasteiger charge is -2.20. The summed E-state index contributed by atoms with van der Waals surface area (Å²) < 4.78 is 5.41. The maximum atomic E-state index is 6.19. The third-order valence-electron chi connectivity index (χ3n) is 3.72. The van der Waals surface area contributed by atoms with E-state index in [0.29, 0.717) is 22.5 Å². The number of benzene rings is 1. The fraction of sp³-hybridized carbons (Fsp3) is 0.533. The predicted molar refractivity (Wildman–Crippen MR) is 88.0 cm³/mol. The summed E-state index contributed by atoms with van der Waals surface area (Å²) in [5.41, 5.74) is 6.99. The molecule has 0 aromatic heterocycles. The van der Waals surface area contributed by atoms with E-state index in [-0.39, 0.29) is 11.5 Å². The summed E-state index contributed by atoms with van der Waals surface area (Å²) in [4.78, 5) is 4.42. The molecule has 2 atom stereocenters. The van der Waals surface area contributed by atoms with Crippen molar-refractivity contribution in [3.05, 3.63) is 33.8 Å². The van der Waals surface area contributed by atoms with E-state index in [4.69, 9.17) is 33.7 Å². The smallest absolute Gasteiger partial charge is 0.189 e. The van der Waals surface area contributed by atoms with Crippen molar-refractivity contribution in [1.82, 2.24) is 5.32 Å². The molecule has 1 aromatic rings. The summed E-state index contributed by atoms with van der Waals surface area (Å²) in [7, 11) is 0. The van der Waals surface area contributed by atoms with Gasteiger partial charge in [-0.1, -0.05) is 36.2 Å². The van der Waals surface area contributed by atoms with Crippen molar-refractivity contribution >= 4 is 29.2 Å². The molecular weight excluding hydrogens is 309 g/mol. The second-order valence-electron chi connectivity index (χ2n) is 5.85. The van der Waals surface area contributed by atoms with E-state index in [9.17, 15) is 0 Å². The Labute approximate surface area is 135 Å². The van der Waals surface area contributed by atoms with Gasteiger partial charge in [-0.15, -0.1) is 0 Å². The average molecular weight is 330 g/mol. The van der Waals surface area contributed by atoms with Gasteiger partial charge < -0.3 is 15.8 Å². The summed E-state index contributed by atoms with van der Waals surface area (Å²) in [6.45, 7) is 6.35. The van der Waals surface area contributed by atoms with Crippen molar-refractivity contribution in [2.45, 2.75) is 26.3 Å². The molecular formula is C15H21Cl2N3O. The molecule has 116 valence electrons. The highest BCUT2D eigenvalue weighted by Gasteiger charge is 2.29. The van der Waals surface area contributed by atoms with Crippen LogP contribution in [0.4, 0.5) is 0 Å². The Bertz CT molecular complexity index is 528. The molecule has 2 rings (SSSR count). The molecule has 0 bridgehead atoms. The lowest BCUT2D eigenvalue weighted by atomic mass is 9.90. The normalized spacial score (nSPS) is 24.1. The van der Waals surface area contributed by atoms with Crippen molar-refractivity contribution in [2.24, 2.45) is 16.1 Å². The second kappa shape index (κ2) is 6.86. The standard InChI is InChI=1S/C15H21Cl2N3O/c1-10(12-4-3-11(16)7-13(12)17)20-14(18)19-8-15(2)5-6-21-9-15/h3-4,7,10H,5-6,8-9H2,1-2H3,(H3,18,19,20). The van der Waals surface area contributed by atoms with Gasteiger partial charge in [0.15, 0.2) is 5.96 Å². The molecule has 0 saturated carbocycles. The molecule has 1 aliphatic rings. The van der Waals surface area contributed by atoms with Crippen molar-refractivity contribution in [3.8, 4) is 0 Å². The number of ether oxygens (including phenoxy) is 1. The molecule has 1 heterocycles. The third kappa shape index (κ3) is 4.50. The van der Waals surface area contributed by atoms with Gasteiger partial charge in [-0.3, -0.25) is 4.99 Å². The number of nitrogens with zero attached hydrogens (tertiary/aromatic N) is 1. The van der Waals surface area contributed by atoms with E-state index < -0.39 is 0 Å². The summed E-state index contributed by atoms with van der Waals surface area (Å²) in [6, 6.07) is 5.39. The minimum absolute atomic E-state index is 0.0360. The van der Waals surface area contributed by atoms with Crippen LogP contribution in [0.2, 0.25) is 10.0 Å². The first kappa shape index (κ1) is 16.4. The van der Waals surface area contributed by atoms with E-state index >= 15 is 0 Å². The molecule has 6 heteroatoms. The molecule has 1 aromatic carbocycles. The van der Waals surface area contributed by atoms with E-state index in [1.807, 2.05) is 19.1 Å². The highest BCUT2D eigenvalue weighted by Crippen LogP contribution is 2.28. The Morgan fingerprint density at radius 2 is 2.29 bits per heavy atom.